The minimum absolute atomic E-state index is 0.401. The lowest BCUT2D eigenvalue weighted by molar-refractivity contribution is 0.456. The van der Waals surface area contributed by atoms with Gasteiger partial charge in [-0.3, -0.25) is 4.57 Å². The van der Waals surface area contributed by atoms with Crippen molar-refractivity contribution in [1.29, 1.82) is 0 Å². The van der Waals surface area contributed by atoms with E-state index in [2.05, 4.69) is 20.8 Å². The zero-order chi connectivity index (χ0) is 10.3. The summed E-state index contributed by atoms with van der Waals surface area (Å²) in [5.74, 6) is 0.401. The van der Waals surface area contributed by atoms with Gasteiger partial charge in [-0.15, -0.1) is 0 Å². The number of unbranched alkanes of at least 4 members (excludes halogenated alkanes) is 1. The molecule has 0 rings (SSSR count). The van der Waals surface area contributed by atoms with E-state index in [-0.39, 0.29) is 0 Å². The Morgan fingerprint density at radius 3 is 2.38 bits per heavy atom. The second-order valence-electron chi connectivity index (χ2n) is 4.00. The highest BCUT2D eigenvalue weighted by atomic mass is 31.2. The summed E-state index contributed by atoms with van der Waals surface area (Å²) in [7, 11) is -2.79. The Kier molecular flexibility index (Phi) is 6.71. The highest BCUT2D eigenvalue weighted by Gasteiger charge is 2.20. The summed E-state index contributed by atoms with van der Waals surface area (Å²) in [4.78, 5) is 9.60. The molecule has 0 bridgehead atoms. The van der Waals surface area contributed by atoms with Gasteiger partial charge in [0.1, 0.15) is 0 Å². The van der Waals surface area contributed by atoms with Crippen LogP contribution in [-0.4, -0.2) is 17.2 Å². The highest BCUT2D eigenvalue weighted by molar-refractivity contribution is 7.57. The van der Waals surface area contributed by atoms with Gasteiger partial charge in [0.05, 0.1) is 0 Å². The maximum atomic E-state index is 11.6. The summed E-state index contributed by atoms with van der Waals surface area (Å²) < 4.78 is 11.6. The molecule has 13 heavy (non-hydrogen) atoms. The van der Waals surface area contributed by atoms with Crippen molar-refractivity contribution in [1.82, 2.24) is 0 Å². The van der Waals surface area contributed by atoms with E-state index in [0.717, 1.165) is 25.7 Å². The lowest BCUT2D eigenvalue weighted by Crippen LogP contribution is -2.04. The van der Waals surface area contributed by atoms with Gasteiger partial charge in [-0.25, -0.2) is 0 Å². The normalized spacial score (nSPS) is 18.2. The van der Waals surface area contributed by atoms with Crippen LogP contribution < -0.4 is 0 Å². The van der Waals surface area contributed by atoms with E-state index >= 15 is 0 Å². The van der Waals surface area contributed by atoms with Crippen molar-refractivity contribution in [2.45, 2.75) is 46.5 Å². The zero-order valence-electron chi connectivity index (χ0n) is 9.12. The second-order valence-corrected chi connectivity index (χ2v) is 6.50. The first-order valence-corrected chi connectivity index (χ1v) is 7.35. The van der Waals surface area contributed by atoms with Crippen molar-refractivity contribution < 1.29 is 9.46 Å². The molecule has 0 aliphatic carbocycles. The molecule has 2 unspecified atom stereocenters. The highest BCUT2D eigenvalue weighted by Crippen LogP contribution is 2.43. The molecule has 0 aliphatic heterocycles. The molecule has 0 saturated heterocycles. The van der Waals surface area contributed by atoms with Crippen LogP contribution in [0.25, 0.3) is 0 Å². The van der Waals surface area contributed by atoms with Crippen LogP contribution in [0.3, 0.4) is 0 Å². The Hall–Kier alpha value is 0.190. The molecular weight excluding hydrogens is 183 g/mol. The van der Waals surface area contributed by atoms with Crippen molar-refractivity contribution in [3.8, 4) is 0 Å². The Labute approximate surface area is 82.2 Å². The first-order valence-electron chi connectivity index (χ1n) is 5.32. The van der Waals surface area contributed by atoms with E-state index in [1.807, 2.05) is 0 Å². The quantitative estimate of drug-likeness (QED) is 0.647. The fourth-order valence-electron chi connectivity index (χ4n) is 1.57. The van der Waals surface area contributed by atoms with Gasteiger partial charge in [0.2, 0.25) is 7.37 Å². The largest absolute Gasteiger partial charge is 0.344 e. The predicted octanol–water partition coefficient (Wildman–Crippen LogP) is 3.49. The molecule has 0 fully saturated rings. The third kappa shape index (κ3) is 7.28. The molecule has 2 nitrogen and oxygen atoms in total. The zero-order valence-corrected chi connectivity index (χ0v) is 10.0. The molecule has 0 heterocycles. The van der Waals surface area contributed by atoms with E-state index in [9.17, 15) is 9.46 Å². The van der Waals surface area contributed by atoms with E-state index in [1.165, 1.54) is 0 Å². The summed E-state index contributed by atoms with van der Waals surface area (Å²) in [6, 6.07) is 0. The second kappa shape index (κ2) is 6.62. The molecule has 0 aliphatic rings. The Bertz CT molecular complexity index is 168. The van der Waals surface area contributed by atoms with Gasteiger partial charge < -0.3 is 4.89 Å². The van der Waals surface area contributed by atoms with Crippen molar-refractivity contribution in [3.63, 3.8) is 0 Å². The fraction of sp³-hybridized carbons (Fsp3) is 1.00. The summed E-state index contributed by atoms with van der Waals surface area (Å²) in [5, 5.41) is 0. The summed E-state index contributed by atoms with van der Waals surface area (Å²) >= 11 is 0. The lowest BCUT2D eigenvalue weighted by Gasteiger charge is -2.15. The Balaban J connectivity index is 3.79. The van der Waals surface area contributed by atoms with E-state index in [4.69, 9.17) is 0 Å². The fourth-order valence-corrected chi connectivity index (χ4v) is 3.72. The molecule has 80 valence electrons. The first kappa shape index (κ1) is 13.2. The first-order chi connectivity index (χ1) is 6.02. The molecule has 0 aromatic rings. The third-order valence-electron chi connectivity index (χ3n) is 2.24. The average molecular weight is 206 g/mol. The summed E-state index contributed by atoms with van der Waals surface area (Å²) in [5.41, 5.74) is 0. The molecule has 0 radical (unpaired) electrons. The van der Waals surface area contributed by atoms with E-state index < -0.39 is 7.37 Å². The summed E-state index contributed by atoms with van der Waals surface area (Å²) in [6.45, 7) is 6.23. The SMILES string of the molecule is CCCCP(=O)(O)CC(C)CCC. The standard InChI is InChI=1S/C10H23O2P/c1-4-6-8-13(11,12)9-10(3)7-5-2/h10H,4-9H2,1-3H3,(H,11,12). The molecule has 0 saturated carbocycles. The van der Waals surface area contributed by atoms with Crippen LogP contribution in [-0.2, 0) is 4.57 Å². The molecule has 0 aromatic heterocycles. The van der Waals surface area contributed by atoms with Crippen LogP contribution in [0.4, 0.5) is 0 Å². The molecule has 2 atom stereocenters. The molecular formula is C10H23O2P. The van der Waals surface area contributed by atoms with Gasteiger partial charge in [0, 0.05) is 12.3 Å². The Morgan fingerprint density at radius 1 is 1.31 bits per heavy atom. The lowest BCUT2D eigenvalue weighted by atomic mass is 10.1. The van der Waals surface area contributed by atoms with Crippen molar-refractivity contribution in [3.05, 3.63) is 0 Å². The Morgan fingerprint density at radius 2 is 1.92 bits per heavy atom. The van der Waals surface area contributed by atoms with Crippen LogP contribution in [0.15, 0.2) is 0 Å². The smallest absolute Gasteiger partial charge is 0.200 e. The number of hydrogen-bond donors (Lipinski definition) is 1. The average Bonchev–Trinajstić information content (AvgIpc) is 2.00. The van der Waals surface area contributed by atoms with E-state index in [0.29, 0.717) is 18.2 Å². The van der Waals surface area contributed by atoms with E-state index in [1.54, 1.807) is 0 Å². The molecule has 1 N–H and O–H groups in total. The number of hydrogen-bond acceptors (Lipinski definition) is 1. The molecule has 3 heteroatoms. The van der Waals surface area contributed by atoms with Gasteiger partial charge in [-0.2, -0.15) is 0 Å². The monoisotopic (exact) mass is 206 g/mol. The van der Waals surface area contributed by atoms with Crippen LogP contribution in [0.1, 0.15) is 46.5 Å². The van der Waals surface area contributed by atoms with Gasteiger partial charge in [0.15, 0.2) is 0 Å². The van der Waals surface area contributed by atoms with Crippen LogP contribution in [0, 0.1) is 5.92 Å². The van der Waals surface area contributed by atoms with Gasteiger partial charge >= 0.3 is 0 Å². The maximum absolute atomic E-state index is 11.6. The summed E-state index contributed by atoms with van der Waals surface area (Å²) in [6.07, 6.45) is 5.09. The van der Waals surface area contributed by atoms with Crippen molar-refractivity contribution in [2.75, 3.05) is 12.3 Å². The molecule has 0 spiro atoms. The maximum Gasteiger partial charge on any atom is 0.200 e. The van der Waals surface area contributed by atoms with Gasteiger partial charge in [0.25, 0.3) is 0 Å². The van der Waals surface area contributed by atoms with Crippen LogP contribution in [0.5, 0.6) is 0 Å². The molecule has 0 aromatic carbocycles. The van der Waals surface area contributed by atoms with Crippen LogP contribution in [0.2, 0.25) is 0 Å². The van der Waals surface area contributed by atoms with Gasteiger partial charge in [-0.05, 0) is 12.3 Å². The predicted molar refractivity (Wildman–Crippen MR) is 58.5 cm³/mol. The van der Waals surface area contributed by atoms with Crippen molar-refractivity contribution in [2.24, 2.45) is 5.92 Å². The molecule has 0 amide bonds. The van der Waals surface area contributed by atoms with Crippen LogP contribution >= 0.6 is 7.37 Å². The van der Waals surface area contributed by atoms with Gasteiger partial charge in [-0.1, -0.05) is 40.0 Å². The third-order valence-corrected chi connectivity index (χ3v) is 4.45. The number of rotatable bonds is 7. The minimum atomic E-state index is -2.79. The minimum Gasteiger partial charge on any atom is -0.344 e. The topological polar surface area (TPSA) is 37.3 Å². The van der Waals surface area contributed by atoms with Crippen molar-refractivity contribution >= 4 is 7.37 Å².